The molecule has 2 aromatic rings. The summed E-state index contributed by atoms with van der Waals surface area (Å²) in [5.74, 6) is 0. The molecule has 1 heterocycles. The molecule has 0 fully saturated rings. The van der Waals surface area contributed by atoms with Gasteiger partial charge >= 0.3 is 0 Å². The molecule has 0 saturated carbocycles. The van der Waals surface area contributed by atoms with Crippen molar-refractivity contribution in [3.8, 4) is 0 Å². The van der Waals surface area contributed by atoms with Crippen molar-refractivity contribution in [2.75, 3.05) is 0 Å². The minimum atomic E-state index is 0.119. The van der Waals surface area contributed by atoms with Crippen LogP contribution in [0.4, 0.5) is 0 Å². The Morgan fingerprint density at radius 1 is 0.889 bits per heavy atom. The van der Waals surface area contributed by atoms with Gasteiger partial charge in [0.25, 0.3) is 0 Å². The van der Waals surface area contributed by atoms with Crippen LogP contribution >= 0.6 is 0 Å². The van der Waals surface area contributed by atoms with Crippen LogP contribution in [0.15, 0.2) is 30.5 Å². The lowest BCUT2D eigenvalue weighted by atomic mass is 9.79. The molecule has 0 aliphatic rings. The Balaban J connectivity index is 2.81. The summed E-state index contributed by atoms with van der Waals surface area (Å²) in [6.45, 7) is 13.5. The molecule has 0 amide bonds. The highest BCUT2D eigenvalue weighted by atomic mass is 14.7. The first kappa shape index (κ1) is 13.1. The molecule has 0 bridgehead atoms. The average Bonchev–Trinajstić information content (AvgIpc) is 2.25. The Morgan fingerprint density at radius 3 is 2.11 bits per heavy atom. The Hall–Kier alpha value is -1.37. The molecule has 18 heavy (non-hydrogen) atoms. The molecule has 1 aromatic heterocycles. The molecule has 1 heteroatoms. The third-order valence-corrected chi connectivity index (χ3v) is 3.38. The van der Waals surface area contributed by atoms with Gasteiger partial charge < -0.3 is 0 Å². The summed E-state index contributed by atoms with van der Waals surface area (Å²) in [7, 11) is 0. The standard InChI is InChI=1S/C17H23N/c1-16(2,3)13-10-12-8-7-9-18-15(12)14(11-13)17(4,5)6/h7-11H,1-6H3. The number of pyridine rings is 1. The molecule has 0 radical (unpaired) electrons. The highest BCUT2D eigenvalue weighted by molar-refractivity contribution is 5.83. The first-order chi connectivity index (χ1) is 8.19. The molecule has 0 aliphatic heterocycles. The highest BCUT2D eigenvalue weighted by Crippen LogP contribution is 2.33. The van der Waals surface area contributed by atoms with E-state index in [9.17, 15) is 0 Å². The van der Waals surface area contributed by atoms with E-state index in [1.807, 2.05) is 12.3 Å². The number of hydrogen-bond donors (Lipinski definition) is 0. The summed E-state index contributed by atoms with van der Waals surface area (Å²) in [5, 5.41) is 1.25. The second-order valence-electron chi connectivity index (χ2n) is 7.10. The van der Waals surface area contributed by atoms with E-state index in [0.29, 0.717) is 0 Å². The molecule has 1 nitrogen and oxygen atoms in total. The molecule has 0 spiro atoms. The van der Waals surface area contributed by atoms with Crippen molar-refractivity contribution in [3.05, 3.63) is 41.6 Å². The van der Waals surface area contributed by atoms with Gasteiger partial charge in [0.05, 0.1) is 5.52 Å². The van der Waals surface area contributed by atoms with Crippen LogP contribution in [0.25, 0.3) is 10.9 Å². The Morgan fingerprint density at radius 2 is 1.56 bits per heavy atom. The molecule has 2 rings (SSSR count). The van der Waals surface area contributed by atoms with Gasteiger partial charge in [0.1, 0.15) is 0 Å². The number of fused-ring (bicyclic) bond motifs is 1. The van der Waals surface area contributed by atoms with Crippen molar-refractivity contribution in [3.63, 3.8) is 0 Å². The molecule has 0 N–H and O–H groups in total. The van der Waals surface area contributed by atoms with Gasteiger partial charge in [-0.3, -0.25) is 4.98 Å². The van der Waals surface area contributed by atoms with Crippen LogP contribution in [0.5, 0.6) is 0 Å². The van der Waals surface area contributed by atoms with Gasteiger partial charge in [-0.15, -0.1) is 0 Å². The number of benzene rings is 1. The fourth-order valence-corrected chi connectivity index (χ4v) is 2.20. The van der Waals surface area contributed by atoms with E-state index in [1.54, 1.807) is 0 Å². The van der Waals surface area contributed by atoms with Gasteiger partial charge in [0.15, 0.2) is 0 Å². The minimum Gasteiger partial charge on any atom is -0.256 e. The lowest BCUT2D eigenvalue weighted by Gasteiger charge is -2.26. The monoisotopic (exact) mass is 241 g/mol. The smallest absolute Gasteiger partial charge is 0.0739 e. The van der Waals surface area contributed by atoms with Crippen molar-refractivity contribution in [1.82, 2.24) is 4.98 Å². The normalized spacial score (nSPS) is 13.0. The molecule has 0 atom stereocenters. The third-order valence-electron chi connectivity index (χ3n) is 3.38. The van der Waals surface area contributed by atoms with Gasteiger partial charge in [-0.05, 0) is 34.1 Å². The number of nitrogens with zero attached hydrogens (tertiary/aromatic N) is 1. The zero-order chi connectivity index (χ0) is 13.6. The van der Waals surface area contributed by atoms with E-state index in [2.05, 4.69) is 64.7 Å². The van der Waals surface area contributed by atoms with Gasteiger partial charge in [-0.2, -0.15) is 0 Å². The van der Waals surface area contributed by atoms with Crippen LogP contribution in [0, 0.1) is 0 Å². The van der Waals surface area contributed by atoms with Crippen molar-refractivity contribution in [2.24, 2.45) is 0 Å². The fourth-order valence-electron chi connectivity index (χ4n) is 2.20. The fraction of sp³-hybridized carbons (Fsp3) is 0.471. The van der Waals surface area contributed by atoms with Crippen molar-refractivity contribution in [2.45, 2.75) is 52.4 Å². The van der Waals surface area contributed by atoms with Crippen LogP contribution < -0.4 is 0 Å². The summed E-state index contributed by atoms with van der Waals surface area (Å²) in [4.78, 5) is 4.57. The first-order valence-corrected chi connectivity index (χ1v) is 6.59. The molecular formula is C17H23N. The van der Waals surface area contributed by atoms with Crippen LogP contribution in [0.1, 0.15) is 52.7 Å². The second-order valence-corrected chi connectivity index (χ2v) is 7.10. The molecule has 0 aliphatic carbocycles. The Kier molecular flexibility index (Phi) is 2.96. The van der Waals surface area contributed by atoms with E-state index in [1.165, 1.54) is 16.5 Å². The third kappa shape index (κ3) is 2.40. The number of aromatic nitrogens is 1. The number of rotatable bonds is 0. The Labute approximate surface area is 110 Å². The predicted molar refractivity (Wildman–Crippen MR) is 79.1 cm³/mol. The van der Waals surface area contributed by atoms with Crippen LogP contribution in [-0.4, -0.2) is 4.98 Å². The first-order valence-electron chi connectivity index (χ1n) is 6.59. The largest absolute Gasteiger partial charge is 0.256 e. The number of hydrogen-bond acceptors (Lipinski definition) is 1. The van der Waals surface area contributed by atoms with E-state index in [0.717, 1.165) is 5.52 Å². The maximum Gasteiger partial charge on any atom is 0.0739 e. The maximum absolute atomic E-state index is 4.57. The second kappa shape index (κ2) is 4.08. The van der Waals surface area contributed by atoms with Crippen molar-refractivity contribution >= 4 is 10.9 Å². The molecular weight excluding hydrogens is 218 g/mol. The Bertz CT molecular complexity index is 568. The van der Waals surface area contributed by atoms with E-state index >= 15 is 0 Å². The summed E-state index contributed by atoms with van der Waals surface area (Å²) < 4.78 is 0. The zero-order valence-electron chi connectivity index (χ0n) is 12.3. The molecule has 0 saturated heterocycles. The van der Waals surface area contributed by atoms with E-state index in [-0.39, 0.29) is 10.8 Å². The van der Waals surface area contributed by atoms with Crippen LogP contribution in [0.2, 0.25) is 0 Å². The van der Waals surface area contributed by atoms with Gasteiger partial charge in [0, 0.05) is 11.6 Å². The maximum atomic E-state index is 4.57. The predicted octanol–water partition coefficient (Wildman–Crippen LogP) is 4.83. The lowest BCUT2D eigenvalue weighted by molar-refractivity contribution is 0.572. The van der Waals surface area contributed by atoms with Crippen LogP contribution in [0.3, 0.4) is 0 Å². The van der Waals surface area contributed by atoms with Gasteiger partial charge in [0.2, 0.25) is 0 Å². The summed E-state index contributed by atoms with van der Waals surface area (Å²) in [6.07, 6.45) is 1.88. The molecule has 1 aromatic carbocycles. The highest BCUT2D eigenvalue weighted by Gasteiger charge is 2.22. The van der Waals surface area contributed by atoms with Crippen molar-refractivity contribution in [1.29, 1.82) is 0 Å². The topological polar surface area (TPSA) is 12.9 Å². The average molecular weight is 241 g/mol. The molecule has 0 unspecified atom stereocenters. The minimum absolute atomic E-state index is 0.119. The zero-order valence-corrected chi connectivity index (χ0v) is 12.3. The van der Waals surface area contributed by atoms with Gasteiger partial charge in [-0.1, -0.05) is 53.7 Å². The van der Waals surface area contributed by atoms with Crippen molar-refractivity contribution < 1.29 is 0 Å². The lowest BCUT2D eigenvalue weighted by Crippen LogP contribution is -2.17. The summed E-state index contributed by atoms with van der Waals surface area (Å²) in [6, 6.07) is 8.78. The SMILES string of the molecule is CC(C)(C)c1cc(C(C)(C)C)c2ncccc2c1. The quantitative estimate of drug-likeness (QED) is 0.643. The van der Waals surface area contributed by atoms with E-state index in [4.69, 9.17) is 0 Å². The molecule has 96 valence electrons. The van der Waals surface area contributed by atoms with Crippen LogP contribution in [-0.2, 0) is 10.8 Å². The summed E-state index contributed by atoms with van der Waals surface area (Å²) >= 11 is 0. The summed E-state index contributed by atoms with van der Waals surface area (Å²) in [5.41, 5.74) is 4.15. The van der Waals surface area contributed by atoms with Gasteiger partial charge in [-0.25, -0.2) is 0 Å². The van der Waals surface area contributed by atoms with E-state index < -0.39 is 0 Å².